The highest BCUT2D eigenvalue weighted by molar-refractivity contribution is 5.88. The third kappa shape index (κ3) is 2.47. The number of carboxylic acids is 1. The number of aromatic nitrogens is 1. The second kappa shape index (κ2) is 5.01. The summed E-state index contributed by atoms with van der Waals surface area (Å²) in [5.74, 6) is -0.820. The van der Waals surface area contributed by atoms with Gasteiger partial charge in [0, 0.05) is 5.69 Å². The monoisotopic (exact) mass is 243 g/mol. The maximum Gasteiger partial charge on any atom is 0.341 e. The van der Waals surface area contributed by atoms with Crippen molar-refractivity contribution in [3.8, 4) is 6.07 Å². The lowest BCUT2D eigenvalue weighted by molar-refractivity contribution is 0.0694. The fourth-order valence-electron chi connectivity index (χ4n) is 1.41. The van der Waals surface area contributed by atoms with Crippen molar-refractivity contribution in [2.24, 2.45) is 0 Å². The van der Waals surface area contributed by atoms with Gasteiger partial charge in [-0.1, -0.05) is 5.16 Å². The van der Waals surface area contributed by atoms with Crippen LogP contribution in [-0.4, -0.2) is 16.2 Å². The summed E-state index contributed by atoms with van der Waals surface area (Å²) in [6, 6.07) is 8.81. The minimum absolute atomic E-state index is 0.0381. The SMILES string of the molecule is N#Cc1ccc(NCc2oncc2C(=O)O)cc1. The van der Waals surface area contributed by atoms with Crippen molar-refractivity contribution in [2.75, 3.05) is 5.32 Å². The van der Waals surface area contributed by atoms with E-state index in [0.29, 0.717) is 5.56 Å². The third-order valence-corrected chi connectivity index (χ3v) is 2.34. The molecule has 0 aliphatic heterocycles. The van der Waals surface area contributed by atoms with E-state index in [1.54, 1.807) is 24.3 Å². The molecule has 2 N–H and O–H groups in total. The molecular formula is C12H9N3O3. The predicted molar refractivity (Wildman–Crippen MR) is 61.9 cm³/mol. The Morgan fingerprint density at radius 3 is 2.78 bits per heavy atom. The van der Waals surface area contributed by atoms with Gasteiger partial charge in [-0.25, -0.2) is 4.79 Å². The number of carboxylic acid groups (broad SMARTS) is 1. The van der Waals surface area contributed by atoms with Crippen LogP contribution in [0.2, 0.25) is 0 Å². The molecule has 18 heavy (non-hydrogen) atoms. The van der Waals surface area contributed by atoms with Gasteiger partial charge < -0.3 is 14.9 Å². The van der Waals surface area contributed by atoms with E-state index in [-0.39, 0.29) is 17.9 Å². The van der Waals surface area contributed by atoms with Crippen molar-refractivity contribution in [3.05, 3.63) is 47.3 Å². The summed E-state index contributed by atoms with van der Waals surface area (Å²) in [5.41, 5.74) is 1.37. The standard InChI is InChI=1S/C12H9N3O3/c13-5-8-1-3-9(4-2-8)14-7-11-10(12(16)17)6-15-18-11/h1-4,6,14H,7H2,(H,16,17). The summed E-state index contributed by atoms with van der Waals surface area (Å²) >= 11 is 0. The lowest BCUT2D eigenvalue weighted by Gasteiger charge is -2.04. The van der Waals surface area contributed by atoms with Gasteiger partial charge in [-0.3, -0.25) is 0 Å². The van der Waals surface area contributed by atoms with E-state index >= 15 is 0 Å². The first-order chi connectivity index (χ1) is 8.70. The van der Waals surface area contributed by atoms with Crippen molar-refractivity contribution in [1.82, 2.24) is 5.16 Å². The number of nitriles is 1. The molecule has 2 rings (SSSR count). The van der Waals surface area contributed by atoms with E-state index in [9.17, 15) is 4.79 Å². The molecule has 90 valence electrons. The molecule has 6 heteroatoms. The van der Waals surface area contributed by atoms with Crippen LogP contribution in [0.1, 0.15) is 21.7 Å². The van der Waals surface area contributed by atoms with Gasteiger partial charge in [0.15, 0.2) is 5.76 Å². The van der Waals surface area contributed by atoms with Crippen LogP contribution in [-0.2, 0) is 6.54 Å². The first kappa shape index (κ1) is 11.7. The Bertz CT molecular complexity index is 596. The zero-order valence-electron chi connectivity index (χ0n) is 9.25. The van der Waals surface area contributed by atoms with Crippen molar-refractivity contribution in [1.29, 1.82) is 5.26 Å². The Hall–Kier alpha value is -2.81. The number of hydrogen-bond acceptors (Lipinski definition) is 5. The fraction of sp³-hybridized carbons (Fsp3) is 0.0833. The highest BCUT2D eigenvalue weighted by Crippen LogP contribution is 2.13. The van der Waals surface area contributed by atoms with E-state index in [1.165, 1.54) is 0 Å². The van der Waals surface area contributed by atoms with Gasteiger partial charge in [-0.2, -0.15) is 5.26 Å². The Kier molecular flexibility index (Phi) is 3.25. The molecular weight excluding hydrogens is 234 g/mol. The highest BCUT2D eigenvalue weighted by Gasteiger charge is 2.14. The second-order valence-electron chi connectivity index (χ2n) is 3.51. The average Bonchev–Trinajstić information content (AvgIpc) is 2.85. The Morgan fingerprint density at radius 2 is 2.17 bits per heavy atom. The molecule has 0 spiro atoms. The molecule has 1 heterocycles. The quantitative estimate of drug-likeness (QED) is 0.850. The zero-order chi connectivity index (χ0) is 13.0. The van der Waals surface area contributed by atoms with Crippen molar-refractivity contribution >= 4 is 11.7 Å². The molecule has 0 amide bonds. The third-order valence-electron chi connectivity index (χ3n) is 2.34. The minimum Gasteiger partial charge on any atom is -0.478 e. The van der Waals surface area contributed by atoms with E-state index in [2.05, 4.69) is 10.5 Å². The van der Waals surface area contributed by atoms with Gasteiger partial charge >= 0.3 is 5.97 Å². The second-order valence-corrected chi connectivity index (χ2v) is 3.51. The van der Waals surface area contributed by atoms with Crippen LogP contribution in [0.3, 0.4) is 0 Å². The first-order valence-electron chi connectivity index (χ1n) is 5.11. The highest BCUT2D eigenvalue weighted by atomic mass is 16.5. The number of anilines is 1. The number of nitrogens with zero attached hydrogens (tertiary/aromatic N) is 2. The zero-order valence-corrected chi connectivity index (χ0v) is 9.25. The predicted octanol–water partition coefficient (Wildman–Crippen LogP) is 1.86. The van der Waals surface area contributed by atoms with Gasteiger partial charge in [-0.05, 0) is 24.3 Å². The maximum absolute atomic E-state index is 10.8. The van der Waals surface area contributed by atoms with E-state index in [0.717, 1.165) is 11.9 Å². The molecule has 0 bridgehead atoms. The lowest BCUT2D eigenvalue weighted by atomic mass is 10.2. The van der Waals surface area contributed by atoms with Crippen LogP contribution in [0.5, 0.6) is 0 Å². The molecule has 0 aliphatic carbocycles. The molecule has 0 radical (unpaired) electrons. The van der Waals surface area contributed by atoms with Crippen molar-refractivity contribution in [2.45, 2.75) is 6.54 Å². The summed E-state index contributed by atoms with van der Waals surface area (Å²) in [6.45, 7) is 0.216. The largest absolute Gasteiger partial charge is 0.478 e. The van der Waals surface area contributed by atoms with Crippen LogP contribution < -0.4 is 5.32 Å². The van der Waals surface area contributed by atoms with Crippen LogP contribution in [0.4, 0.5) is 5.69 Å². The summed E-state index contributed by atoms with van der Waals surface area (Å²) in [5, 5.41) is 23.9. The molecule has 0 saturated carbocycles. The molecule has 1 aromatic heterocycles. The lowest BCUT2D eigenvalue weighted by Crippen LogP contribution is -2.04. The van der Waals surface area contributed by atoms with Crippen LogP contribution in [0.25, 0.3) is 0 Å². The van der Waals surface area contributed by atoms with Crippen molar-refractivity contribution in [3.63, 3.8) is 0 Å². The number of benzene rings is 1. The van der Waals surface area contributed by atoms with E-state index in [1.807, 2.05) is 6.07 Å². The Labute approximate surface area is 102 Å². The average molecular weight is 243 g/mol. The number of nitrogens with one attached hydrogen (secondary N) is 1. The van der Waals surface area contributed by atoms with E-state index in [4.69, 9.17) is 14.9 Å². The normalized spacial score (nSPS) is 9.72. The topological polar surface area (TPSA) is 99.2 Å². The molecule has 0 unspecified atom stereocenters. The summed E-state index contributed by atoms with van der Waals surface area (Å²) in [6.07, 6.45) is 1.16. The van der Waals surface area contributed by atoms with Gasteiger partial charge in [0.25, 0.3) is 0 Å². The maximum atomic E-state index is 10.8. The van der Waals surface area contributed by atoms with Crippen LogP contribution in [0, 0.1) is 11.3 Å². The molecule has 1 aromatic carbocycles. The molecule has 2 aromatic rings. The summed E-state index contributed by atoms with van der Waals surface area (Å²) < 4.78 is 4.85. The fourth-order valence-corrected chi connectivity index (χ4v) is 1.41. The van der Waals surface area contributed by atoms with Crippen LogP contribution in [0.15, 0.2) is 35.0 Å². The minimum atomic E-state index is -1.08. The smallest absolute Gasteiger partial charge is 0.341 e. The number of rotatable bonds is 4. The summed E-state index contributed by atoms with van der Waals surface area (Å²) in [4.78, 5) is 10.8. The van der Waals surface area contributed by atoms with E-state index < -0.39 is 5.97 Å². The Morgan fingerprint density at radius 1 is 1.44 bits per heavy atom. The number of aromatic carboxylic acids is 1. The first-order valence-corrected chi connectivity index (χ1v) is 5.11. The van der Waals surface area contributed by atoms with Gasteiger partial charge in [0.05, 0.1) is 24.4 Å². The van der Waals surface area contributed by atoms with Gasteiger partial charge in [-0.15, -0.1) is 0 Å². The van der Waals surface area contributed by atoms with Crippen molar-refractivity contribution < 1.29 is 14.4 Å². The number of hydrogen-bond donors (Lipinski definition) is 2. The molecule has 6 nitrogen and oxygen atoms in total. The summed E-state index contributed by atoms with van der Waals surface area (Å²) in [7, 11) is 0. The van der Waals surface area contributed by atoms with Gasteiger partial charge in [0.2, 0.25) is 0 Å². The van der Waals surface area contributed by atoms with Gasteiger partial charge in [0.1, 0.15) is 5.56 Å². The molecule has 0 aliphatic rings. The Balaban J connectivity index is 2.05. The molecule has 0 fully saturated rings. The number of carbonyl (C=O) groups is 1. The molecule has 0 atom stereocenters. The molecule has 0 saturated heterocycles. The van der Waals surface area contributed by atoms with Crippen LogP contribution >= 0.6 is 0 Å².